The summed E-state index contributed by atoms with van der Waals surface area (Å²) in [4.78, 5) is 5.93. The topological polar surface area (TPSA) is 111 Å². The summed E-state index contributed by atoms with van der Waals surface area (Å²) in [5, 5.41) is 7.67. The van der Waals surface area contributed by atoms with Crippen LogP contribution in [0.15, 0.2) is 56.5 Å². The third kappa shape index (κ3) is 3.56. The van der Waals surface area contributed by atoms with E-state index in [-0.39, 0.29) is 4.90 Å². The normalized spacial score (nSPS) is 14.2. The molecular formula is C19H16N4O4S2. The highest BCUT2D eigenvalue weighted by Crippen LogP contribution is 2.40. The van der Waals surface area contributed by atoms with Gasteiger partial charge in [0.05, 0.1) is 11.1 Å². The third-order valence-corrected chi connectivity index (χ3v) is 7.29. The molecule has 0 saturated heterocycles. The molecule has 8 nitrogen and oxygen atoms in total. The zero-order valence-electron chi connectivity index (χ0n) is 15.3. The fourth-order valence-corrected chi connectivity index (χ4v) is 5.53. The molecule has 3 heterocycles. The van der Waals surface area contributed by atoms with Crippen molar-refractivity contribution in [1.82, 2.24) is 15.3 Å². The highest BCUT2D eigenvalue weighted by molar-refractivity contribution is 7.93. The number of nitrogens with zero attached hydrogens (tertiary/aromatic N) is 3. The Hall–Kier alpha value is -2.98. The van der Waals surface area contributed by atoms with Gasteiger partial charge >= 0.3 is 0 Å². The molecule has 1 aliphatic carbocycles. The Balaban J connectivity index is 1.38. The Labute approximate surface area is 170 Å². The number of aromatic nitrogens is 3. The maximum atomic E-state index is 12.9. The zero-order chi connectivity index (χ0) is 20.0. The number of rotatable bonds is 6. The van der Waals surface area contributed by atoms with Gasteiger partial charge in [-0.3, -0.25) is 4.72 Å². The van der Waals surface area contributed by atoms with Crippen molar-refractivity contribution in [3.63, 3.8) is 0 Å². The van der Waals surface area contributed by atoms with Gasteiger partial charge in [-0.1, -0.05) is 10.3 Å². The van der Waals surface area contributed by atoms with E-state index in [9.17, 15) is 8.42 Å². The van der Waals surface area contributed by atoms with Crippen LogP contribution < -0.4 is 4.72 Å². The number of hydrogen-bond acceptors (Lipinski definition) is 8. The molecule has 0 atom stereocenters. The predicted octanol–water partition coefficient (Wildman–Crippen LogP) is 4.44. The molecular weight excluding hydrogens is 412 g/mol. The van der Waals surface area contributed by atoms with Gasteiger partial charge in [-0.05, 0) is 50.1 Å². The second kappa shape index (κ2) is 6.82. The van der Waals surface area contributed by atoms with Gasteiger partial charge < -0.3 is 9.05 Å². The number of aryl methyl sites for hydroxylation is 1. The van der Waals surface area contributed by atoms with Crippen LogP contribution in [0, 0.1) is 6.92 Å². The number of sulfonamides is 1. The highest BCUT2D eigenvalue weighted by Gasteiger charge is 2.30. The molecule has 5 rings (SSSR count). The standard InChI is InChI=1S/C19H16N4O4S2/c1-11-17(10-16(28-11)18-21-19(27-22-18)13-2-3-13)29(24,25)23-14-6-4-12(5-7-14)15-8-9-20-26-15/h4-10,13,23H,2-3H2,1H3. The van der Waals surface area contributed by atoms with Gasteiger partial charge in [-0.25, -0.2) is 8.42 Å². The smallest absolute Gasteiger partial charge is 0.263 e. The van der Waals surface area contributed by atoms with Crippen LogP contribution in [-0.2, 0) is 10.0 Å². The molecule has 0 spiro atoms. The lowest BCUT2D eigenvalue weighted by Crippen LogP contribution is -2.13. The van der Waals surface area contributed by atoms with E-state index in [1.54, 1.807) is 49.5 Å². The monoisotopic (exact) mass is 428 g/mol. The fraction of sp³-hybridized carbons (Fsp3) is 0.211. The van der Waals surface area contributed by atoms with Crippen molar-refractivity contribution >= 4 is 27.0 Å². The van der Waals surface area contributed by atoms with Gasteiger partial charge in [-0.2, -0.15) is 4.98 Å². The van der Waals surface area contributed by atoms with E-state index < -0.39 is 10.0 Å². The first kappa shape index (κ1) is 18.1. The first-order valence-corrected chi connectivity index (χ1v) is 11.3. The van der Waals surface area contributed by atoms with Crippen LogP contribution in [0.5, 0.6) is 0 Å². The van der Waals surface area contributed by atoms with Crippen LogP contribution in [0.3, 0.4) is 0 Å². The van der Waals surface area contributed by atoms with Crippen molar-refractivity contribution in [1.29, 1.82) is 0 Å². The van der Waals surface area contributed by atoms with E-state index in [0.29, 0.717) is 38.8 Å². The van der Waals surface area contributed by atoms with Crippen LogP contribution in [-0.4, -0.2) is 23.7 Å². The van der Waals surface area contributed by atoms with Gasteiger partial charge in [0.2, 0.25) is 11.7 Å². The molecule has 0 aliphatic heterocycles. The van der Waals surface area contributed by atoms with Crippen LogP contribution in [0.2, 0.25) is 0 Å². The van der Waals surface area contributed by atoms with E-state index in [4.69, 9.17) is 9.05 Å². The molecule has 0 amide bonds. The molecule has 1 N–H and O–H groups in total. The molecule has 10 heteroatoms. The minimum absolute atomic E-state index is 0.203. The fourth-order valence-electron chi connectivity index (χ4n) is 2.95. The summed E-state index contributed by atoms with van der Waals surface area (Å²) in [6.07, 6.45) is 3.67. The Morgan fingerprint density at radius 3 is 2.62 bits per heavy atom. The summed E-state index contributed by atoms with van der Waals surface area (Å²) in [5.41, 5.74) is 1.26. The molecule has 0 unspecified atom stereocenters. The number of nitrogens with one attached hydrogen (secondary N) is 1. The largest absolute Gasteiger partial charge is 0.356 e. The van der Waals surface area contributed by atoms with E-state index in [1.165, 1.54) is 11.3 Å². The van der Waals surface area contributed by atoms with Crippen molar-refractivity contribution in [2.75, 3.05) is 4.72 Å². The van der Waals surface area contributed by atoms with E-state index in [2.05, 4.69) is 20.0 Å². The maximum absolute atomic E-state index is 12.9. The Morgan fingerprint density at radius 2 is 1.93 bits per heavy atom. The quantitative estimate of drug-likeness (QED) is 0.483. The number of benzene rings is 1. The SMILES string of the molecule is Cc1sc(-c2noc(C3CC3)n2)cc1S(=O)(=O)Nc1ccc(-c2ccno2)cc1. The summed E-state index contributed by atoms with van der Waals surface area (Å²) >= 11 is 1.33. The Kier molecular flexibility index (Phi) is 4.25. The lowest BCUT2D eigenvalue weighted by atomic mass is 10.1. The van der Waals surface area contributed by atoms with Crippen molar-refractivity contribution in [2.24, 2.45) is 0 Å². The molecule has 1 aliphatic rings. The number of anilines is 1. The second-order valence-corrected chi connectivity index (χ2v) is 9.73. The minimum atomic E-state index is -3.76. The van der Waals surface area contributed by atoms with Gasteiger partial charge in [0.25, 0.3) is 10.0 Å². The van der Waals surface area contributed by atoms with Crippen LogP contribution in [0.4, 0.5) is 5.69 Å². The summed E-state index contributed by atoms with van der Waals surface area (Å²) in [6, 6.07) is 10.2. The lowest BCUT2D eigenvalue weighted by molar-refractivity contribution is 0.380. The van der Waals surface area contributed by atoms with Crippen LogP contribution in [0.1, 0.15) is 29.5 Å². The minimum Gasteiger partial charge on any atom is -0.356 e. The molecule has 0 radical (unpaired) electrons. The van der Waals surface area contributed by atoms with E-state index in [0.717, 1.165) is 18.4 Å². The van der Waals surface area contributed by atoms with Crippen LogP contribution >= 0.6 is 11.3 Å². The summed E-state index contributed by atoms with van der Waals surface area (Å²) in [7, 11) is -3.76. The molecule has 0 bridgehead atoms. The summed E-state index contributed by atoms with van der Waals surface area (Å²) in [6.45, 7) is 1.76. The summed E-state index contributed by atoms with van der Waals surface area (Å²) < 4.78 is 38.8. The first-order chi connectivity index (χ1) is 14.0. The van der Waals surface area contributed by atoms with Crippen LogP contribution in [0.25, 0.3) is 22.0 Å². The second-order valence-electron chi connectivity index (χ2n) is 6.82. The van der Waals surface area contributed by atoms with Gasteiger partial charge in [0.15, 0.2) is 5.76 Å². The lowest BCUT2D eigenvalue weighted by Gasteiger charge is -2.08. The maximum Gasteiger partial charge on any atom is 0.263 e. The molecule has 148 valence electrons. The first-order valence-electron chi connectivity index (χ1n) is 8.98. The van der Waals surface area contributed by atoms with E-state index >= 15 is 0 Å². The molecule has 1 fully saturated rings. The molecule has 29 heavy (non-hydrogen) atoms. The average molecular weight is 428 g/mol. The molecule has 4 aromatic rings. The average Bonchev–Trinajstić information content (AvgIpc) is 3.12. The Bertz CT molecular complexity index is 1250. The van der Waals surface area contributed by atoms with E-state index in [1.807, 2.05) is 0 Å². The van der Waals surface area contributed by atoms with Crippen molar-refractivity contribution < 1.29 is 17.5 Å². The zero-order valence-corrected chi connectivity index (χ0v) is 17.0. The third-order valence-electron chi connectivity index (χ3n) is 4.61. The summed E-state index contributed by atoms with van der Waals surface area (Å²) in [5.74, 6) is 2.02. The van der Waals surface area contributed by atoms with Crippen molar-refractivity contribution in [2.45, 2.75) is 30.6 Å². The predicted molar refractivity (Wildman–Crippen MR) is 107 cm³/mol. The number of hydrogen-bond donors (Lipinski definition) is 1. The van der Waals surface area contributed by atoms with Crippen molar-refractivity contribution in [3.8, 4) is 22.0 Å². The number of thiophene rings is 1. The highest BCUT2D eigenvalue weighted by atomic mass is 32.2. The molecule has 1 aromatic carbocycles. The molecule has 1 saturated carbocycles. The van der Waals surface area contributed by atoms with Gasteiger partial charge in [0.1, 0.15) is 4.90 Å². The van der Waals surface area contributed by atoms with Crippen molar-refractivity contribution in [3.05, 3.63) is 53.4 Å². The Morgan fingerprint density at radius 1 is 1.14 bits per heavy atom. The van der Waals surface area contributed by atoms with Gasteiger partial charge in [-0.15, -0.1) is 11.3 Å². The van der Waals surface area contributed by atoms with Gasteiger partial charge in [0, 0.05) is 28.1 Å². The molecule has 3 aromatic heterocycles.